The van der Waals surface area contributed by atoms with Crippen LogP contribution in [0.25, 0.3) is 0 Å². The molecule has 0 fully saturated rings. The summed E-state index contributed by atoms with van der Waals surface area (Å²) in [7, 11) is 0. The molecule has 4 heteroatoms. The molecule has 0 aliphatic rings. The molecule has 2 rings (SSSR count). The first-order chi connectivity index (χ1) is 9.02. The molecule has 1 N–H and O–H groups in total. The molecule has 0 saturated carbocycles. The smallest absolute Gasteiger partial charge is 0.0704 e. The Labute approximate surface area is 132 Å². The van der Waals surface area contributed by atoms with E-state index in [1.165, 1.54) is 25.4 Å². The van der Waals surface area contributed by atoms with Gasteiger partial charge in [-0.25, -0.2) is 0 Å². The predicted molar refractivity (Wildman–Crippen MR) is 88.5 cm³/mol. The van der Waals surface area contributed by atoms with E-state index < -0.39 is 0 Å². The van der Waals surface area contributed by atoms with Gasteiger partial charge in [0.25, 0.3) is 0 Å². The summed E-state index contributed by atoms with van der Waals surface area (Å²) in [6.07, 6.45) is 0. The second-order valence-corrected chi connectivity index (χ2v) is 7.63. The van der Waals surface area contributed by atoms with Crippen molar-refractivity contribution >= 4 is 38.9 Å². The third kappa shape index (κ3) is 3.40. The van der Waals surface area contributed by atoms with Gasteiger partial charge in [0.2, 0.25) is 0 Å². The number of nitrogens with one attached hydrogen (secondary N) is 1. The van der Waals surface area contributed by atoms with Gasteiger partial charge in [-0.3, -0.25) is 0 Å². The summed E-state index contributed by atoms with van der Waals surface area (Å²) < 4.78 is 1.18. The molecule has 19 heavy (non-hydrogen) atoms. The maximum absolute atomic E-state index is 6.05. The molecule has 0 saturated heterocycles. The number of aryl methyl sites for hydroxylation is 2. The molecule has 1 aromatic carbocycles. The van der Waals surface area contributed by atoms with Gasteiger partial charge in [0.15, 0.2) is 0 Å². The van der Waals surface area contributed by atoms with E-state index in [0.717, 1.165) is 11.6 Å². The highest BCUT2D eigenvalue weighted by atomic mass is 79.9. The third-order valence-electron chi connectivity index (χ3n) is 3.19. The Morgan fingerprint density at radius 1 is 1.26 bits per heavy atom. The lowest BCUT2D eigenvalue weighted by Crippen LogP contribution is -2.22. The van der Waals surface area contributed by atoms with Crippen LogP contribution in [-0.2, 0) is 0 Å². The van der Waals surface area contributed by atoms with Gasteiger partial charge in [0.05, 0.1) is 9.83 Å². The highest BCUT2D eigenvalue weighted by Gasteiger charge is 2.19. The van der Waals surface area contributed by atoms with Crippen LogP contribution in [0, 0.1) is 13.8 Å². The minimum absolute atomic E-state index is 0.227. The monoisotopic (exact) mass is 357 g/mol. The SMILES string of the molecule is CCNC(c1ccc(Cl)cc1C)c1cc(Br)sc1C. The zero-order valence-electron chi connectivity index (χ0n) is 11.3. The van der Waals surface area contributed by atoms with Crippen LogP contribution in [0.1, 0.15) is 34.5 Å². The summed E-state index contributed by atoms with van der Waals surface area (Å²) in [5.74, 6) is 0. The van der Waals surface area contributed by atoms with Gasteiger partial charge < -0.3 is 5.32 Å². The minimum atomic E-state index is 0.227. The summed E-state index contributed by atoms with van der Waals surface area (Å²) in [5, 5.41) is 4.36. The predicted octanol–water partition coefficient (Wildman–Crippen LogP) is 5.48. The van der Waals surface area contributed by atoms with E-state index in [4.69, 9.17) is 11.6 Å². The van der Waals surface area contributed by atoms with E-state index in [1.807, 2.05) is 12.1 Å². The minimum Gasteiger partial charge on any atom is -0.306 e. The van der Waals surface area contributed by atoms with Gasteiger partial charge in [-0.15, -0.1) is 11.3 Å². The molecule has 1 atom stereocenters. The summed E-state index contributed by atoms with van der Waals surface area (Å²) in [4.78, 5) is 1.34. The highest BCUT2D eigenvalue weighted by molar-refractivity contribution is 9.11. The summed E-state index contributed by atoms with van der Waals surface area (Å²) in [6, 6.07) is 8.55. The fourth-order valence-corrected chi connectivity index (χ4v) is 4.27. The van der Waals surface area contributed by atoms with Crippen LogP contribution in [0.5, 0.6) is 0 Å². The summed E-state index contributed by atoms with van der Waals surface area (Å²) in [6.45, 7) is 7.34. The van der Waals surface area contributed by atoms with Crippen LogP contribution in [0.15, 0.2) is 28.1 Å². The number of hydrogen-bond donors (Lipinski definition) is 1. The second-order valence-electron chi connectivity index (χ2n) is 4.55. The second kappa shape index (κ2) is 6.40. The molecule has 102 valence electrons. The molecule has 0 radical (unpaired) electrons. The van der Waals surface area contributed by atoms with E-state index in [2.05, 4.69) is 54.2 Å². The molecule has 0 bridgehead atoms. The van der Waals surface area contributed by atoms with Crippen LogP contribution < -0.4 is 5.32 Å². The average molecular weight is 359 g/mol. The van der Waals surface area contributed by atoms with Crippen molar-refractivity contribution < 1.29 is 0 Å². The Kier molecular flexibility index (Phi) is 5.07. The van der Waals surface area contributed by atoms with Crippen molar-refractivity contribution in [3.8, 4) is 0 Å². The number of benzene rings is 1. The van der Waals surface area contributed by atoms with E-state index in [1.54, 1.807) is 11.3 Å². The van der Waals surface area contributed by atoms with Crippen LogP contribution in [-0.4, -0.2) is 6.54 Å². The lowest BCUT2D eigenvalue weighted by molar-refractivity contribution is 0.627. The number of hydrogen-bond acceptors (Lipinski definition) is 2. The number of thiophene rings is 1. The number of halogens is 2. The lowest BCUT2D eigenvalue weighted by Gasteiger charge is -2.21. The van der Waals surface area contributed by atoms with Gasteiger partial charge in [-0.05, 0) is 71.2 Å². The fourth-order valence-electron chi connectivity index (χ4n) is 2.30. The average Bonchev–Trinajstić information content (AvgIpc) is 2.66. The normalized spacial score (nSPS) is 12.7. The first kappa shape index (κ1) is 15.0. The van der Waals surface area contributed by atoms with Crippen molar-refractivity contribution in [3.63, 3.8) is 0 Å². The molecule has 0 aliphatic heterocycles. The standard InChI is InChI=1S/C15H17BrClNS/c1-4-18-15(13-8-14(16)19-10(13)3)12-6-5-11(17)7-9(12)2/h5-8,15,18H,4H2,1-3H3. The Morgan fingerprint density at radius 3 is 2.53 bits per heavy atom. The van der Waals surface area contributed by atoms with Crippen LogP contribution >= 0.6 is 38.9 Å². The fraction of sp³-hybridized carbons (Fsp3) is 0.333. The van der Waals surface area contributed by atoms with E-state index in [0.29, 0.717) is 0 Å². The van der Waals surface area contributed by atoms with Crippen LogP contribution in [0.4, 0.5) is 0 Å². The molecule has 0 spiro atoms. The Balaban J connectivity index is 2.48. The molecule has 1 heterocycles. The van der Waals surface area contributed by atoms with Gasteiger partial charge in [0, 0.05) is 9.90 Å². The maximum Gasteiger partial charge on any atom is 0.0704 e. The molecule has 1 aromatic heterocycles. The topological polar surface area (TPSA) is 12.0 Å². The van der Waals surface area contributed by atoms with Crippen molar-refractivity contribution in [1.29, 1.82) is 0 Å². The van der Waals surface area contributed by atoms with Gasteiger partial charge in [-0.2, -0.15) is 0 Å². The Morgan fingerprint density at radius 2 is 2.00 bits per heavy atom. The van der Waals surface area contributed by atoms with Gasteiger partial charge in [-0.1, -0.05) is 24.6 Å². The van der Waals surface area contributed by atoms with Crippen molar-refractivity contribution in [3.05, 3.63) is 54.6 Å². The van der Waals surface area contributed by atoms with E-state index in [-0.39, 0.29) is 6.04 Å². The first-order valence-electron chi connectivity index (χ1n) is 6.28. The van der Waals surface area contributed by atoms with Crippen molar-refractivity contribution in [2.45, 2.75) is 26.8 Å². The molecule has 0 aliphatic carbocycles. The Bertz CT molecular complexity index is 580. The molecular weight excluding hydrogens is 342 g/mol. The molecule has 2 aromatic rings. The zero-order valence-corrected chi connectivity index (χ0v) is 14.4. The van der Waals surface area contributed by atoms with Gasteiger partial charge in [0.1, 0.15) is 0 Å². The van der Waals surface area contributed by atoms with Crippen LogP contribution in [0.3, 0.4) is 0 Å². The van der Waals surface area contributed by atoms with Gasteiger partial charge >= 0.3 is 0 Å². The third-order valence-corrected chi connectivity index (χ3v) is 4.99. The maximum atomic E-state index is 6.05. The molecule has 0 amide bonds. The zero-order chi connectivity index (χ0) is 14.0. The summed E-state index contributed by atoms with van der Waals surface area (Å²) >= 11 is 11.4. The first-order valence-corrected chi connectivity index (χ1v) is 8.27. The van der Waals surface area contributed by atoms with Crippen molar-refractivity contribution in [2.75, 3.05) is 6.54 Å². The summed E-state index contributed by atoms with van der Waals surface area (Å²) in [5.41, 5.74) is 3.85. The molecule has 1 nitrogen and oxygen atoms in total. The quantitative estimate of drug-likeness (QED) is 0.763. The molecule has 1 unspecified atom stereocenters. The Hall–Kier alpha value is -0.350. The highest BCUT2D eigenvalue weighted by Crippen LogP contribution is 2.35. The largest absolute Gasteiger partial charge is 0.306 e. The molecular formula is C15H17BrClNS. The number of rotatable bonds is 4. The lowest BCUT2D eigenvalue weighted by atomic mass is 9.95. The van der Waals surface area contributed by atoms with Crippen molar-refractivity contribution in [1.82, 2.24) is 5.32 Å². The van der Waals surface area contributed by atoms with Crippen molar-refractivity contribution in [2.24, 2.45) is 0 Å². The van der Waals surface area contributed by atoms with Crippen LogP contribution in [0.2, 0.25) is 5.02 Å². The van der Waals surface area contributed by atoms with E-state index in [9.17, 15) is 0 Å². The van der Waals surface area contributed by atoms with E-state index >= 15 is 0 Å².